The molecule has 1 aliphatic rings. The number of amides is 1. The first-order valence-corrected chi connectivity index (χ1v) is 10.7. The van der Waals surface area contributed by atoms with E-state index in [2.05, 4.69) is 15.9 Å². The lowest BCUT2D eigenvalue weighted by molar-refractivity contribution is 0.0772. The summed E-state index contributed by atoms with van der Waals surface area (Å²) in [7, 11) is -3.58. The molecule has 0 bridgehead atoms. The lowest BCUT2D eigenvalue weighted by Crippen LogP contribution is -2.42. The second kappa shape index (κ2) is 7.97. The van der Waals surface area contributed by atoms with Gasteiger partial charge in [0.05, 0.1) is 10.5 Å². The molecule has 0 unspecified atom stereocenters. The van der Waals surface area contributed by atoms with Crippen LogP contribution in [0.1, 0.15) is 50.4 Å². The van der Waals surface area contributed by atoms with Gasteiger partial charge in [0.1, 0.15) is 0 Å². The fourth-order valence-electron chi connectivity index (χ4n) is 3.07. The maximum Gasteiger partial charge on any atom is 0.255 e. The minimum absolute atomic E-state index is 0.00525. The van der Waals surface area contributed by atoms with E-state index in [1.807, 2.05) is 20.8 Å². The van der Waals surface area contributed by atoms with E-state index in [4.69, 9.17) is 0 Å². The highest BCUT2D eigenvalue weighted by molar-refractivity contribution is 9.10. The van der Waals surface area contributed by atoms with Crippen LogP contribution in [0.3, 0.4) is 0 Å². The topological polar surface area (TPSA) is 57.7 Å². The maximum absolute atomic E-state index is 13.0. The summed E-state index contributed by atoms with van der Waals surface area (Å²) < 4.78 is 28.1. The highest BCUT2D eigenvalue weighted by Gasteiger charge is 2.31. The molecule has 1 saturated heterocycles. The Morgan fingerprint density at radius 1 is 1.29 bits per heavy atom. The van der Waals surface area contributed by atoms with Crippen LogP contribution in [0, 0.1) is 0 Å². The van der Waals surface area contributed by atoms with Gasteiger partial charge in [-0.05, 0) is 67.7 Å². The van der Waals surface area contributed by atoms with Gasteiger partial charge < -0.3 is 4.90 Å². The molecule has 1 atom stereocenters. The summed E-state index contributed by atoms with van der Waals surface area (Å²) in [5.41, 5.74) is 0.393. The van der Waals surface area contributed by atoms with Gasteiger partial charge in [-0.1, -0.05) is 6.42 Å². The van der Waals surface area contributed by atoms with E-state index in [0.29, 0.717) is 29.7 Å². The van der Waals surface area contributed by atoms with Gasteiger partial charge in [-0.15, -0.1) is 0 Å². The minimum Gasteiger partial charge on any atom is -0.339 e. The van der Waals surface area contributed by atoms with Crippen LogP contribution in [-0.4, -0.2) is 49.2 Å². The van der Waals surface area contributed by atoms with E-state index in [0.717, 1.165) is 19.3 Å². The first-order valence-electron chi connectivity index (χ1n) is 8.43. The van der Waals surface area contributed by atoms with Crippen molar-refractivity contribution in [1.82, 2.24) is 9.21 Å². The molecule has 1 heterocycles. The minimum atomic E-state index is -3.58. The number of piperidine rings is 1. The van der Waals surface area contributed by atoms with Crippen LogP contribution >= 0.6 is 15.9 Å². The van der Waals surface area contributed by atoms with Crippen molar-refractivity contribution in [2.75, 3.05) is 19.6 Å². The van der Waals surface area contributed by atoms with E-state index in [1.54, 1.807) is 21.3 Å². The Balaban J connectivity index is 2.41. The van der Waals surface area contributed by atoms with Crippen molar-refractivity contribution < 1.29 is 13.2 Å². The van der Waals surface area contributed by atoms with Gasteiger partial charge in [0, 0.05) is 30.1 Å². The molecule has 0 aromatic heterocycles. The average molecular weight is 417 g/mol. The third-order valence-electron chi connectivity index (χ3n) is 4.57. The van der Waals surface area contributed by atoms with Crippen LogP contribution in [0.25, 0.3) is 0 Å². The van der Waals surface area contributed by atoms with Gasteiger partial charge in [0.2, 0.25) is 10.0 Å². The molecule has 134 valence electrons. The van der Waals surface area contributed by atoms with Crippen molar-refractivity contribution in [3.63, 3.8) is 0 Å². The van der Waals surface area contributed by atoms with Crippen LogP contribution in [0.2, 0.25) is 0 Å². The number of hydrogen-bond acceptors (Lipinski definition) is 3. The third-order valence-corrected chi connectivity index (χ3v) is 7.27. The predicted molar refractivity (Wildman–Crippen MR) is 98.6 cm³/mol. The lowest BCUT2D eigenvalue weighted by atomic mass is 10.1. The second-order valence-corrected chi connectivity index (χ2v) is 8.82. The van der Waals surface area contributed by atoms with Gasteiger partial charge >= 0.3 is 0 Å². The Labute approximate surface area is 153 Å². The van der Waals surface area contributed by atoms with Crippen molar-refractivity contribution in [3.8, 4) is 0 Å². The molecular weight excluding hydrogens is 392 g/mol. The van der Waals surface area contributed by atoms with E-state index in [-0.39, 0.29) is 16.8 Å². The molecule has 5 nitrogen and oxygen atoms in total. The lowest BCUT2D eigenvalue weighted by Gasteiger charge is -2.32. The number of hydrogen-bond donors (Lipinski definition) is 0. The van der Waals surface area contributed by atoms with Crippen LogP contribution in [0.4, 0.5) is 0 Å². The van der Waals surface area contributed by atoms with Gasteiger partial charge in [-0.25, -0.2) is 8.42 Å². The number of carbonyl (C=O) groups is 1. The standard InChI is InChI=1S/C17H25BrN2O3S/c1-4-19(5-2)17(21)15-12-14(9-10-16(15)18)24(22,23)20-11-7-6-8-13(20)3/h9-10,12-13H,4-8,11H2,1-3H3/t13-/m0/s1. The molecule has 1 aromatic rings. The van der Waals surface area contributed by atoms with E-state index in [1.165, 1.54) is 6.07 Å². The van der Waals surface area contributed by atoms with Crippen molar-refractivity contribution in [2.24, 2.45) is 0 Å². The number of benzene rings is 1. The Morgan fingerprint density at radius 2 is 1.96 bits per heavy atom. The summed E-state index contributed by atoms with van der Waals surface area (Å²) in [6, 6.07) is 4.72. The highest BCUT2D eigenvalue weighted by atomic mass is 79.9. The van der Waals surface area contributed by atoms with Crippen LogP contribution in [0.15, 0.2) is 27.6 Å². The van der Waals surface area contributed by atoms with Gasteiger partial charge in [-0.3, -0.25) is 4.79 Å². The largest absolute Gasteiger partial charge is 0.339 e. The molecule has 7 heteroatoms. The Hall–Kier alpha value is -0.920. The molecular formula is C17H25BrN2O3S. The fraction of sp³-hybridized carbons (Fsp3) is 0.588. The summed E-state index contributed by atoms with van der Waals surface area (Å²) >= 11 is 3.38. The molecule has 1 aromatic carbocycles. The SMILES string of the molecule is CCN(CC)C(=O)c1cc(S(=O)(=O)N2CCCC[C@@H]2C)ccc1Br. The molecule has 0 N–H and O–H groups in total. The molecule has 1 fully saturated rings. The van der Waals surface area contributed by atoms with Gasteiger partial charge in [0.15, 0.2) is 0 Å². The Morgan fingerprint density at radius 3 is 2.54 bits per heavy atom. The summed E-state index contributed by atoms with van der Waals surface area (Å²) in [5, 5.41) is 0. The summed E-state index contributed by atoms with van der Waals surface area (Å²) in [5.74, 6) is -0.157. The zero-order valence-corrected chi connectivity index (χ0v) is 16.9. The van der Waals surface area contributed by atoms with Crippen molar-refractivity contribution in [3.05, 3.63) is 28.2 Å². The molecule has 1 amide bonds. The maximum atomic E-state index is 13.0. The number of nitrogens with zero attached hydrogens (tertiary/aromatic N) is 2. The van der Waals surface area contributed by atoms with Crippen molar-refractivity contribution in [2.45, 2.75) is 51.0 Å². The van der Waals surface area contributed by atoms with E-state index < -0.39 is 10.0 Å². The zero-order chi connectivity index (χ0) is 17.9. The number of halogens is 1. The second-order valence-electron chi connectivity index (χ2n) is 6.08. The molecule has 0 saturated carbocycles. The van der Waals surface area contributed by atoms with E-state index >= 15 is 0 Å². The Kier molecular flexibility index (Phi) is 6.45. The molecule has 0 radical (unpaired) electrons. The van der Waals surface area contributed by atoms with Crippen molar-refractivity contribution >= 4 is 31.9 Å². The third kappa shape index (κ3) is 3.83. The summed E-state index contributed by atoms with van der Waals surface area (Å²) in [6.45, 7) is 7.47. The zero-order valence-electron chi connectivity index (χ0n) is 14.5. The normalized spacial score (nSPS) is 19.2. The predicted octanol–water partition coefficient (Wildman–Crippen LogP) is 3.49. The van der Waals surface area contributed by atoms with E-state index in [9.17, 15) is 13.2 Å². The molecule has 24 heavy (non-hydrogen) atoms. The van der Waals surface area contributed by atoms with Crippen molar-refractivity contribution in [1.29, 1.82) is 0 Å². The summed E-state index contributed by atoms with van der Waals surface area (Å²) in [6.07, 6.45) is 2.81. The average Bonchev–Trinajstić information content (AvgIpc) is 2.56. The number of rotatable bonds is 5. The summed E-state index contributed by atoms with van der Waals surface area (Å²) in [4.78, 5) is 14.5. The van der Waals surface area contributed by atoms with Gasteiger partial charge in [-0.2, -0.15) is 4.31 Å². The molecule has 1 aliphatic heterocycles. The first-order chi connectivity index (χ1) is 11.3. The Bertz CT molecular complexity index is 702. The molecule has 2 rings (SSSR count). The quantitative estimate of drug-likeness (QED) is 0.737. The molecule has 0 aliphatic carbocycles. The fourth-order valence-corrected chi connectivity index (χ4v) is 5.22. The van der Waals surface area contributed by atoms with Crippen LogP contribution in [0.5, 0.6) is 0 Å². The van der Waals surface area contributed by atoms with Gasteiger partial charge in [0.25, 0.3) is 5.91 Å². The monoisotopic (exact) mass is 416 g/mol. The van der Waals surface area contributed by atoms with Crippen LogP contribution in [-0.2, 0) is 10.0 Å². The smallest absolute Gasteiger partial charge is 0.255 e. The van der Waals surface area contributed by atoms with Crippen LogP contribution < -0.4 is 0 Å². The first kappa shape index (κ1) is 19.4. The number of sulfonamides is 1. The highest BCUT2D eigenvalue weighted by Crippen LogP contribution is 2.28. The number of carbonyl (C=O) groups excluding carboxylic acids is 1. The molecule has 0 spiro atoms.